The van der Waals surface area contributed by atoms with Crippen LogP contribution in [-0.4, -0.2) is 58.8 Å². The van der Waals surface area contributed by atoms with E-state index in [1.54, 1.807) is 0 Å². The van der Waals surface area contributed by atoms with Crippen LogP contribution in [0.2, 0.25) is 0 Å². The lowest BCUT2D eigenvalue weighted by Gasteiger charge is -2.17. The molecule has 41 heavy (non-hydrogen) atoms. The van der Waals surface area contributed by atoms with Crippen molar-refractivity contribution in [3.63, 3.8) is 0 Å². The number of benzene rings is 2. The number of ether oxygens (including phenoxy) is 1. The molecular weight excluding hydrogens is 551 g/mol. The highest BCUT2D eigenvalue weighted by molar-refractivity contribution is 7.90. The Morgan fingerprint density at radius 2 is 1.95 bits per heavy atom. The maximum Gasteiger partial charge on any atom is 0.288 e. The van der Waals surface area contributed by atoms with Gasteiger partial charge in [0.05, 0.1) is 23.3 Å². The number of hydrogen-bond donors (Lipinski definition) is 3. The summed E-state index contributed by atoms with van der Waals surface area (Å²) in [7, 11) is -1.91. The SMILES string of the molecule is COc1ccc(F)cc1C(=O)NCc1ccc(-c2cn(C3CCN(S(=O)(=O)C4CC4)C3)c3c(=O)[nH]nc(N)c23)cc1. The summed E-state index contributed by atoms with van der Waals surface area (Å²) in [6.07, 6.45) is 3.80. The highest BCUT2D eigenvalue weighted by Gasteiger charge is 2.43. The number of nitrogens with zero attached hydrogens (tertiary/aromatic N) is 3. The van der Waals surface area contributed by atoms with Crippen LogP contribution in [0.25, 0.3) is 22.0 Å². The molecule has 214 valence electrons. The quantitative estimate of drug-likeness (QED) is 0.290. The molecule has 1 amide bonds. The lowest BCUT2D eigenvalue weighted by molar-refractivity contribution is 0.0947. The summed E-state index contributed by atoms with van der Waals surface area (Å²) in [5.41, 5.74) is 8.54. The Labute approximate surface area is 235 Å². The molecule has 2 aromatic carbocycles. The van der Waals surface area contributed by atoms with Gasteiger partial charge in [0, 0.05) is 37.4 Å². The van der Waals surface area contributed by atoms with Crippen molar-refractivity contribution in [2.75, 3.05) is 25.9 Å². The first-order valence-electron chi connectivity index (χ1n) is 13.3. The van der Waals surface area contributed by atoms with Gasteiger partial charge in [0.25, 0.3) is 11.5 Å². The van der Waals surface area contributed by atoms with Crippen LogP contribution < -0.4 is 21.3 Å². The second-order valence-electron chi connectivity index (χ2n) is 10.4. The molecule has 0 radical (unpaired) electrons. The van der Waals surface area contributed by atoms with Crippen LogP contribution in [0.15, 0.2) is 53.5 Å². The Kier molecular flexibility index (Phi) is 6.78. The van der Waals surface area contributed by atoms with Crippen LogP contribution in [0, 0.1) is 5.82 Å². The summed E-state index contributed by atoms with van der Waals surface area (Å²) >= 11 is 0. The number of H-pyrrole nitrogens is 1. The number of sulfonamides is 1. The van der Waals surface area contributed by atoms with Crippen molar-refractivity contribution in [3.05, 3.63) is 76.0 Å². The maximum absolute atomic E-state index is 13.7. The van der Waals surface area contributed by atoms with Gasteiger partial charge in [-0.05, 0) is 48.6 Å². The third-order valence-electron chi connectivity index (χ3n) is 7.73. The molecule has 2 fully saturated rings. The molecule has 6 rings (SSSR count). The number of nitrogens with two attached hydrogens (primary N) is 1. The van der Waals surface area contributed by atoms with Gasteiger partial charge in [0.2, 0.25) is 10.0 Å². The molecule has 3 heterocycles. The summed E-state index contributed by atoms with van der Waals surface area (Å²) in [5.74, 6) is -0.579. The van der Waals surface area contributed by atoms with Crippen molar-refractivity contribution in [2.24, 2.45) is 0 Å². The topological polar surface area (TPSA) is 152 Å². The molecule has 11 nitrogen and oxygen atoms in total. The summed E-state index contributed by atoms with van der Waals surface area (Å²) in [4.78, 5) is 25.6. The Bertz CT molecular complexity index is 1810. The first kappa shape index (κ1) is 27.0. The number of rotatable bonds is 8. The van der Waals surface area contributed by atoms with Gasteiger partial charge >= 0.3 is 0 Å². The number of methoxy groups -OCH3 is 1. The number of hydrogen-bond acceptors (Lipinski definition) is 7. The fraction of sp³-hybridized carbons (Fsp3) is 0.321. The molecule has 1 saturated heterocycles. The van der Waals surface area contributed by atoms with E-state index >= 15 is 0 Å². The van der Waals surface area contributed by atoms with Crippen LogP contribution in [0.1, 0.15) is 41.2 Å². The number of aromatic amines is 1. The summed E-state index contributed by atoms with van der Waals surface area (Å²) in [6.45, 7) is 0.884. The van der Waals surface area contributed by atoms with Crippen molar-refractivity contribution in [1.29, 1.82) is 0 Å². The minimum Gasteiger partial charge on any atom is -0.496 e. The van der Waals surface area contributed by atoms with Crippen LogP contribution in [0.3, 0.4) is 0 Å². The van der Waals surface area contributed by atoms with Crippen molar-refractivity contribution in [2.45, 2.75) is 37.1 Å². The van der Waals surface area contributed by atoms with E-state index in [9.17, 15) is 22.4 Å². The lowest BCUT2D eigenvalue weighted by atomic mass is 10.0. The molecule has 2 aliphatic rings. The highest BCUT2D eigenvalue weighted by Crippen LogP contribution is 2.38. The number of nitrogen functional groups attached to an aromatic ring is 1. The van der Waals surface area contributed by atoms with Crippen molar-refractivity contribution >= 4 is 32.7 Å². The van der Waals surface area contributed by atoms with Gasteiger partial charge in [-0.25, -0.2) is 17.9 Å². The average Bonchev–Trinajstić information content (AvgIpc) is 3.58. The minimum atomic E-state index is -3.32. The van der Waals surface area contributed by atoms with Crippen molar-refractivity contribution < 1.29 is 22.3 Å². The number of amides is 1. The van der Waals surface area contributed by atoms with Crippen LogP contribution >= 0.6 is 0 Å². The maximum atomic E-state index is 13.7. The number of carbonyl (C=O) groups excluding carboxylic acids is 1. The third kappa shape index (κ3) is 4.95. The van der Waals surface area contributed by atoms with E-state index in [-0.39, 0.29) is 35.0 Å². The molecule has 1 aliphatic carbocycles. The second kappa shape index (κ2) is 10.3. The average molecular weight is 581 g/mol. The van der Waals surface area contributed by atoms with Crippen LogP contribution in [0.5, 0.6) is 5.75 Å². The molecule has 13 heteroatoms. The first-order valence-corrected chi connectivity index (χ1v) is 14.8. The monoisotopic (exact) mass is 580 g/mol. The fourth-order valence-electron chi connectivity index (χ4n) is 5.42. The third-order valence-corrected chi connectivity index (χ3v) is 10.1. The molecule has 4 aromatic rings. The Hall–Kier alpha value is -4.23. The summed E-state index contributed by atoms with van der Waals surface area (Å²) in [5, 5.41) is 9.40. The van der Waals surface area contributed by atoms with Crippen molar-refractivity contribution in [1.82, 2.24) is 24.4 Å². The second-order valence-corrected chi connectivity index (χ2v) is 12.6. The van der Waals surface area contributed by atoms with E-state index < -0.39 is 27.3 Å². The van der Waals surface area contributed by atoms with E-state index in [1.807, 2.05) is 35.0 Å². The van der Waals surface area contributed by atoms with Gasteiger partial charge in [0.15, 0.2) is 5.82 Å². The molecule has 0 bridgehead atoms. The predicted molar refractivity (Wildman–Crippen MR) is 151 cm³/mol. The normalized spacial score (nSPS) is 17.7. The Balaban J connectivity index is 1.26. The van der Waals surface area contributed by atoms with Crippen molar-refractivity contribution in [3.8, 4) is 16.9 Å². The lowest BCUT2D eigenvalue weighted by Crippen LogP contribution is -2.32. The van der Waals surface area contributed by atoms with Gasteiger partial charge in [-0.15, -0.1) is 0 Å². The molecule has 0 spiro atoms. The van der Waals surface area contributed by atoms with Crippen LogP contribution in [0.4, 0.5) is 10.2 Å². The van der Waals surface area contributed by atoms with E-state index in [4.69, 9.17) is 10.5 Å². The van der Waals surface area contributed by atoms with Gasteiger partial charge in [-0.3, -0.25) is 9.59 Å². The standard InChI is InChI=1S/C28H29FN6O5S/c1-40-23-9-6-18(29)12-21(23)27(36)31-13-16-2-4-17(5-3-16)22-15-35(25-24(22)26(30)32-33-28(25)37)19-10-11-34(14-19)41(38,39)20-7-8-20/h2-6,9,12,15,19-20H,7-8,10-11,13-14H2,1H3,(H2,30,32)(H,31,36)(H,33,37). The fourth-order valence-corrected chi connectivity index (χ4v) is 7.32. The van der Waals surface area contributed by atoms with E-state index in [0.717, 1.165) is 17.2 Å². The zero-order valence-electron chi connectivity index (χ0n) is 22.3. The number of nitrogens with one attached hydrogen (secondary N) is 2. The van der Waals surface area contributed by atoms with Gasteiger partial charge in [0.1, 0.15) is 17.1 Å². The summed E-state index contributed by atoms with van der Waals surface area (Å²) in [6, 6.07) is 10.9. The number of anilines is 1. The van der Waals surface area contributed by atoms with E-state index in [1.165, 1.54) is 23.5 Å². The minimum absolute atomic E-state index is 0.0977. The molecule has 1 unspecified atom stereocenters. The molecular formula is C28H29FN6O5S. The van der Waals surface area contributed by atoms with Crippen LogP contribution in [-0.2, 0) is 16.6 Å². The first-order chi connectivity index (χ1) is 19.7. The van der Waals surface area contributed by atoms with E-state index in [0.29, 0.717) is 48.8 Å². The number of halogens is 1. The highest BCUT2D eigenvalue weighted by atomic mass is 32.2. The zero-order chi connectivity index (χ0) is 28.9. The summed E-state index contributed by atoms with van der Waals surface area (Å²) < 4.78 is 47.8. The van der Waals surface area contributed by atoms with Gasteiger partial charge in [-0.2, -0.15) is 9.40 Å². The zero-order valence-corrected chi connectivity index (χ0v) is 23.1. The van der Waals surface area contributed by atoms with Gasteiger partial charge in [-0.1, -0.05) is 24.3 Å². The smallest absolute Gasteiger partial charge is 0.288 e. The Morgan fingerprint density at radius 3 is 2.66 bits per heavy atom. The molecule has 4 N–H and O–H groups in total. The van der Waals surface area contributed by atoms with E-state index in [2.05, 4.69) is 15.5 Å². The molecule has 2 aromatic heterocycles. The number of carbonyl (C=O) groups is 1. The number of aromatic nitrogens is 3. The molecule has 1 atom stereocenters. The number of fused-ring (bicyclic) bond motifs is 1. The molecule has 1 saturated carbocycles. The largest absolute Gasteiger partial charge is 0.496 e. The molecule has 1 aliphatic heterocycles. The van der Waals surface area contributed by atoms with Gasteiger partial charge < -0.3 is 20.4 Å². The Morgan fingerprint density at radius 1 is 1.20 bits per heavy atom. The predicted octanol–water partition coefficient (Wildman–Crippen LogP) is 2.79.